The smallest absolute Gasteiger partial charge is 0.232 e. The maximum atomic E-state index is 5.54. The summed E-state index contributed by atoms with van der Waals surface area (Å²) in [5, 5.41) is 6.60. The van der Waals surface area contributed by atoms with Crippen LogP contribution in [0.1, 0.15) is 12.8 Å². The Hall–Kier alpha value is -3.06. The largest absolute Gasteiger partial charge is 0.379 e. The maximum absolute atomic E-state index is 5.54. The second kappa shape index (κ2) is 7.88. The maximum Gasteiger partial charge on any atom is 0.232 e. The van der Waals surface area contributed by atoms with E-state index in [9.17, 15) is 0 Å². The van der Waals surface area contributed by atoms with E-state index in [2.05, 4.69) is 30.6 Å². The van der Waals surface area contributed by atoms with Crippen LogP contribution >= 0.6 is 0 Å². The standard InChI is InChI=1S/C19H20N6O/c1-2-5-14(6-3-1)17-23-18(21-15-8-10-20-11-9-15)25-19(24-17)22-16-7-4-12-26-13-16/h1-3,5-6,8-11,16H,4,7,12-13H2,(H2,20,21,22,23,24,25). The number of anilines is 3. The number of pyridine rings is 1. The molecule has 0 bridgehead atoms. The van der Waals surface area contributed by atoms with Crippen molar-refractivity contribution >= 4 is 17.6 Å². The summed E-state index contributed by atoms with van der Waals surface area (Å²) in [6.45, 7) is 1.49. The third-order valence-electron chi connectivity index (χ3n) is 4.10. The van der Waals surface area contributed by atoms with Gasteiger partial charge < -0.3 is 15.4 Å². The van der Waals surface area contributed by atoms with Crippen molar-refractivity contribution in [2.24, 2.45) is 0 Å². The lowest BCUT2D eigenvalue weighted by Gasteiger charge is -2.23. The fourth-order valence-corrected chi connectivity index (χ4v) is 2.81. The van der Waals surface area contributed by atoms with Crippen molar-refractivity contribution in [2.45, 2.75) is 18.9 Å². The van der Waals surface area contributed by atoms with Gasteiger partial charge in [0.05, 0.1) is 12.6 Å². The van der Waals surface area contributed by atoms with Crippen molar-refractivity contribution in [3.05, 3.63) is 54.9 Å². The minimum absolute atomic E-state index is 0.212. The topological polar surface area (TPSA) is 84.9 Å². The number of aromatic nitrogens is 4. The van der Waals surface area contributed by atoms with Crippen LogP contribution < -0.4 is 10.6 Å². The average Bonchev–Trinajstić information content (AvgIpc) is 2.70. The Morgan fingerprint density at radius 1 is 0.923 bits per heavy atom. The number of hydrogen-bond donors (Lipinski definition) is 2. The lowest BCUT2D eigenvalue weighted by Crippen LogP contribution is -2.31. The fraction of sp³-hybridized carbons (Fsp3) is 0.263. The van der Waals surface area contributed by atoms with Crippen molar-refractivity contribution in [1.29, 1.82) is 0 Å². The Balaban J connectivity index is 1.64. The molecule has 0 aliphatic carbocycles. The van der Waals surface area contributed by atoms with Crippen molar-refractivity contribution in [3.8, 4) is 11.4 Å². The normalized spacial score (nSPS) is 16.8. The molecule has 1 aliphatic rings. The van der Waals surface area contributed by atoms with Crippen molar-refractivity contribution in [3.63, 3.8) is 0 Å². The van der Waals surface area contributed by atoms with Crippen molar-refractivity contribution in [2.75, 3.05) is 23.8 Å². The second-order valence-electron chi connectivity index (χ2n) is 6.09. The van der Waals surface area contributed by atoms with Gasteiger partial charge in [-0.25, -0.2) is 0 Å². The molecular weight excluding hydrogens is 328 g/mol. The Morgan fingerprint density at radius 2 is 1.73 bits per heavy atom. The minimum Gasteiger partial charge on any atom is -0.379 e. The van der Waals surface area contributed by atoms with Crippen molar-refractivity contribution < 1.29 is 4.74 Å². The number of nitrogens with zero attached hydrogens (tertiary/aromatic N) is 4. The number of nitrogens with one attached hydrogen (secondary N) is 2. The van der Waals surface area contributed by atoms with Crippen LogP contribution in [0.4, 0.5) is 17.6 Å². The summed E-state index contributed by atoms with van der Waals surface area (Å²) in [4.78, 5) is 17.7. The van der Waals surface area contributed by atoms with Gasteiger partial charge in [0, 0.05) is 30.3 Å². The predicted molar refractivity (Wildman–Crippen MR) is 100 cm³/mol. The third-order valence-corrected chi connectivity index (χ3v) is 4.10. The quantitative estimate of drug-likeness (QED) is 0.732. The van der Waals surface area contributed by atoms with Gasteiger partial charge in [-0.15, -0.1) is 0 Å². The molecule has 0 saturated carbocycles. The number of benzene rings is 1. The van der Waals surface area contributed by atoms with Gasteiger partial charge in [0.15, 0.2) is 5.82 Å². The summed E-state index contributed by atoms with van der Waals surface area (Å²) in [5.41, 5.74) is 1.81. The van der Waals surface area contributed by atoms with E-state index in [1.807, 2.05) is 42.5 Å². The van der Waals surface area contributed by atoms with Crippen LogP contribution in [0.3, 0.4) is 0 Å². The van der Waals surface area contributed by atoms with Gasteiger partial charge in [-0.2, -0.15) is 15.0 Å². The van der Waals surface area contributed by atoms with Gasteiger partial charge in [-0.05, 0) is 25.0 Å². The molecule has 3 aromatic rings. The Morgan fingerprint density at radius 3 is 2.50 bits per heavy atom. The molecule has 1 atom stereocenters. The molecule has 3 heterocycles. The molecule has 7 heteroatoms. The monoisotopic (exact) mass is 348 g/mol. The molecule has 0 spiro atoms. The number of hydrogen-bond acceptors (Lipinski definition) is 7. The van der Waals surface area contributed by atoms with E-state index in [1.165, 1.54) is 0 Å². The summed E-state index contributed by atoms with van der Waals surface area (Å²) >= 11 is 0. The lowest BCUT2D eigenvalue weighted by molar-refractivity contribution is 0.0874. The molecule has 132 valence electrons. The highest BCUT2D eigenvalue weighted by Crippen LogP contribution is 2.21. The van der Waals surface area contributed by atoms with Gasteiger partial charge in [-0.3, -0.25) is 4.98 Å². The first-order chi connectivity index (χ1) is 12.9. The van der Waals surface area contributed by atoms with Gasteiger partial charge in [0.1, 0.15) is 0 Å². The summed E-state index contributed by atoms with van der Waals surface area (Å²) in [5.74, 6) is 1.66. The highest BCUT2D eigenvalue weighted by atomic mass is 16.5. The number of ether oxygens (including phenoxy) is 1. The first-order valence-corrected chi connectivity index (χ1v) is 8.70. The molecule has 4 rings (SSSR count). The van der Waals surface area contributed by atoms with E-state index in [1.54, 1.807) is 12.4 Å². The molecule has 1 fully saturated rings. The zero-order valence-corrected chi connectivity index (χ0v) is 14.3. The van der Waals surface area contributed by atoms with Crippen LogP contribution in [0.25, 0.3) is 11.4 Å². The molecule has 0 radical (unpaired) electrons. The zero-order valence-electron chi connectivity index (χ0n) is 14.3. The first-order valence-electron chi connectivity index (χ1n) is 8.70. The van der Waals surface area contributed by atoms with E-state index in [4.69, 9.17) is 4.74 Å². The molecule has 1 aromatic carbocycles. The third kappa shape index (κ3) is 4.12. The Labute approximate surface area is 151 Å². The van der Waals surface area contributed by atoms with E-state index in [-0.39, 0.29) is 6.04 Å². The van der Waals surface area contributed by atoms with Crippen LogP contribution in [0.5, 0.6) is 0 Å². The van der Waals surface area contributed by atoms with E-state index in [0.29, 0.717) is 24.3 Å². The van der Waals surface area contributed by atoms with E-state index in [0.717, 1.165) is 30.7 Å². The molecule has 2 aromatic heterocycles. The van der Waals surface area contributed by atoms with Crippen LogP contribution in [-0.2, 0) is 4.74 Å². The zero-order chi connectivity index (χ0) is 17.6. The highest BCUT2D eigenvalue weighted by molar-refractivity contribution is 5.60. The SMILES string of the molecule is c1ccc(-c2nc(Nc3ccncc3)nc(NC3CCCOC3)n2)cc1. The predicted octanol–water partition coefficient (Wildman–Crippen LogP) is 3.27. The molecular formula is C19H20N6O. The highest BCUT2D eigenvalue weighted by Gasteiger charge is 2.16. The summed E-state index contributed by atoms with van der Waals surface area (Å²) in [7, 11) is 0. The van der Waals surface area contributed by atoms with Gasteiger partial charge in [-0.1, -0.05) is 30.3 Å². The first kappa shape index (κ1) is 16.4. The summed E-state index contributed by atoms with van der Waals surface area (Å²) in [6.07, 6.45) is 5.52. The molecule has 2 N–H and O–H groups in total. The Kier molecular flexibility index (Phi) is 4.97. The van der Waals surface area contributed by atoms with Crippen molar-refractivity contribution in [1.82, 2.24) is 19.9 Å². The molecule has 1 unspecified atom stereocenters. The molecule has 26 heavy (non-hydrogen) atoms. The lowest BCUT2D eigenvalue weighted by atomic mass is 10.1. The van der Waals surface area contributed by atoms with Gasteiger partial charge in [0.2, 0.25) is 11.9 Å². The van der Waals surface area contributed by atoms with E-state index >= 15 is 0 Å². The van der Waals surface area contributed by atoms with Crippen LogP contribution in [-0.4, -0.2) is 39.2 Å². The molecule has 1 aliphatic heterocycles. The molecule has 7 nitrogen and oxygen atoms in total. The van der Waals surface area contributed by atoms with Gasteiger partial charge in [0.25, 0.3) is 0 Å². The Bertz CT molecular complexity index is 837. The number of rotatable bonds is 5. The van der Waals surface area contributed by atoms with E-state index < -0.39 is 0 Å². The minimum atomic E-state index is 0.212. The van der Waals surface area contributed by atoms with Crippen LogP contribution in [0, 0.1) is 0 Å². The average molecular weight is 348 g/mol. The molecule has 1 saturated heterocycles. The second-order valence-corrected chi connectivity index (χ2v) is 6.09. The summed E-state index contributed by atoms with van der Waals surface area (Å²) in [6, 6.07) is 13.8. The van der Waals surface area contributed by atoms with Crippen LogP contribution in [0.2, 0.25) is 0 Å². The summed E-state index contributed by atoms with van der Waals surface area (Å²) < 4.78 is 5.54. The van der Waals surface area contributed by atoms with Crippen LogP contribution in [0.15, 0.2) is 54.9 Å². The fourth-order valence-electron chi connectivity index (χ4n) is 2.81. The molecule has 0 amide bonds. The van der Waals surface area contributed by atoms with Gasteiger partial charge >= 0.3 is 0 Å².